The molecule has 0 radical (unpaired) electrons. The highest BCUT2D eigenvalue weighted by atomic mass is 32.2. The van der Waals surface area contributed by atoms with Crippen LogP contribution in [0.1, 0.15) is 18.4 Å². The summed E-state index contributed by atoms with van der Waals surface area (Å²) in [6, 6.07) is 9.71. The van der Waals surface area contributed by atoms with E-state index in [9.17, 15) is 14.4 Å². The zero-order valence-corrected chi connectivity index (χ0v) is 14.3. The average Bonchev–Trinajstić information content (AvgIpc) is 2.94. The number of thioether (sulfide) groups is 1. The highest BCUT2D eigenvalue weighted by molar-refractivity contribution is 7.99. The van der Waals surface area contributed by atoms with E-state index in [1.54, 1.807) is 11.8 Å². The van der Waals surface area contributed by atoms with E-state index in [4.69, 9.17) is 0 Å². The second-order valence-corrected chi connectivity index (χ2v) is 7.00. The average molecular weight is 347 g/mol. The van der Waals surface area contributed by atoms with Gasteiger partial charge in [-0.2, -0.15) is 0 Å². The van der Waals surface area contributed by atoms with Gasteiger partial charge in [0.1, 0.15) is 0 Å². The summed E-state index contributed by atoms with van der Waals surface area (Å²) in [5.41, 5.74) is 1.22. The quantitative estimate of drug-likeness (QED) is 0.819. The van der Waals surface area contributed by atoms with Gasteiger partial charge in [-0.1, -0.05) is 30.3 Å². The molecule has 1 N–H and O–H groups in total. The van der Waals surface area contributed by atoms with Crippen LogP contribution >= 0.6 is 11.8 Å². The van der Waals surface area contributed by atoms with Crippen LogP contribution < -0.4 is 5.32 Å². The summed E-state index contributed by atoms with van der Waals surface area (Å²) in [6.07, 6.45) is 1.32. The highest BCUT2D eigenvalue weighted by Gasteiger charge is 2.37. The van der Waals surface area contributed by atoms with Crippen molar-refractivity contribution >= 4 is 29.6 Å². The third-order valence-corrected chi connectivity index (χ3v) is 5.39. The van der Waals surface area contributed by atoms with E-state index in [-0.39, 0.29) is 30.4 Å². The summed E-state index contributed by atoms with van der Waals surface area (Å²) in [5.74, 6) is 1.25. The Morgan fingerprint density at radius 2 is 1.88 bits per heavy atom. The van der Waals surface area contributed by atoms with Gasteiger partial charge in [-0.3, -0.25) is 14.5 Å². The Morgan fingerprint density at radius 3 is 2.50 bits per heavy atom. The fourth-order valence-corrected chi connectivity index (χ4v) is 3.99. The topological polar surface area (TPSA) is 69.7 Å². The molecule has 0 atom stereocenters. The minimum absolute atomic E-state index is 0.0824. The molecule has 0 unspecified atom stereocenters. The van der Waals surface area contributed by atoms with E-state index in [0.29, 0.717) is 31.7 Å². The summed E-state index contributed by atoms with van der Waals surface area (Å²) >= 11 is 1.62. The van der Waals surface area contributed by atoms with Crippen LogP contribution in [0.25, 0.3) is 0 Å². The fraction of sp³-hybridized carbons (Fsp3) is 0.471. The molecule has 2 aliphatic heterocycles. The van der Waals surface area contributed by atoms with Crippen LogP contribution in [0.4, 0.5) is 4.79 Å². The maximum Gasteiger partial charge on any atom is 0.324 e. The van der Waals surface area contributed by atoms with Crippen molar-refractivity contribution in [2.75, 3.05) is 25.4 Å². The molecule has 1 aromatic carbocycles. The monoisotopic (exact) mass is 347 g/mol. The lowest BCUT2D eigenvalue weighted by Crippen LogP contribution is -2.49. The largest absolute Gasteiger partial charge is 0.342 e. The number of nitrogens with zero attached hydrogens (tertiary/aromatic N) is 2. The SMILES string of the molecule is O=C(CSCc1ccccc1)N1CCC(N2C(=O)CNC2=O)CC1. The van der Waals surface area contributed by atoms with Crippen molar-refractivity contribution in [3.8, 4) is 0 Å². The van der Waals surface area contributed by atoms with Gasteiger partial charge in [0.15, 0.2) is 0 Å². The predicted octanol–water partition coefficient (Wildman–Crippen LogP) is 1.46. The molecule has 2 aliphatic rings. The van der Waals surface area contributed by atoms with Crippen molar-refractivity contribution < 1.29 is 14.4 Å². The van der Waals surface area contributed by atoms with Crippen LogP contribution in [0.2, 0.25) is 0 Å². The molecule has 0 saturated carbocycles. The van der Waals surface area contributed by atoms with E-state index >= 15 is 0 Å². The van der Waals surface area contributed by atoms with Crippen molar-refractivity contribution in [1.82, 2.24) is 15.1 Å². The molecule has 6 nitrogen and oxygen atoms in total. The number of urea groups is 1. The molecule has 0 bridgehead atoms. The minimum atomic E-state index is -0.303. The summed E-state index contributed by atoms with van der Waals surface area (Å²) in [5, 5.41) is 2.55. The van der Waals surface area contributed by atoms with Crippen molar-refractivity contribution in [1.29, 1.82) is 0 Å². The van der Waals surface area contributed by atoms with Gasteiger partial charge < -0.3 is 10.2 Å². The van der Waals surface area contributed by atoms with Crippen molar-refractivity contribution in [3.05, 3.63) is 35.9 Å². The van der Waals surface area contributed by atoms with E-state index in [1.807, 2.05) is 23.1 Å². The number of likely N-dealkylation sites (tertiary alicyclic amines) is 1. The Morgan fingerprint density at radius 1 is 1.17 bits per heavy atom. The second kappa shape index (κ2) is 7.70. The number of hydrogen-bond donors (Lipinski definition) is 1. The highest BCUT2D eigenvalue weighted by Crippen LogP contribution is 2.20. The van der Waals surface area contributed by atoms with E-state index < -0.39 is 0 Å². The maximum absolute atomic E-state index is 12.3. The smallest absolute Gasteiger partial charge is 0.324 e. The van der Waals surface area contributed by atoms with Crippen molar-refractivity contribution in [2.24, 2.45) is 0 Å². The van der Waals surface area contributed by atoms with Crippen LogP contribution in [0.3, 0.4) is 0 Å². The molecule has 3 rings (SSSR count). The maximum atomic E-state index is 12.3. The van der Waals surface area contributed by atoms with E-state index in [0.717, 1.165) is 5.75 Å². The third kappa shape index (κ3) is 3.90. The number of imide groups is 1. The standard InChI is InChI=1S/C17H21N3O3S/c21-15-10-18-17(23)20(15)14-6-8-19(9-7-14)16(22)12-24-11-13-4-2-1-3-5-13/h1-5,14H,6-12H2,(H,18,23). The van der Waals surface area contributed by atoms with Gasteiger partial charge in [-0.05, 0) is 18.4 Å². The Hall–Kier alpha value is -2.02. The van der Waals surface area contributed by atoms with Crippen molar-refractivity contribution in [3.63, 3.8) is 0 Å². The first-order valence-corrected chi connectivity index (χ1v) is 9.30. The van der Waals surface area contributed by atoms with Gasteiger partial charge in [0.05, 0.1) is 12.3 Å². The molecular formula is C17H21N3O3S. The lowest BCUT2D eigenvalue weighted by atomic mass is 10.0. The summed E-state index contributed by atoms with van der Waals surface area (Å²) < 4.78 is 0. The first-order chi connectivity index (χ1) is 11.6. The molecule has 0 spiro atoms. The van der Waals surface area contributed by atoms with Crippen LogP contribution in [0.5, 0.6) is 0 Å². The number of hydrogen-bond acceptors (Lipinski definition) is 4. The molecular weight excluding hydrogens is 326 g/mol. The zero-order chi connectivity index (χ0) is 16.9. The van der Waals surface area contributed by atoms with Gasteiger partial charge >= 0.3 is 6.03 Å². The van der Waals surface area contributed by atoms with Crippen LogP contribution in [-0.4, -0.2) is 59.1 Å². The molecule has 128 valence electrons. The van der Waals surface area contributed by atoms with E-state index in [1.165, 1.54) is 10.5 Å². The molecule has 2 fully saturated rings. The number of rotatable bonds is 5. The molecule has 0 aliphatic carbocycles. The number of piperidine rings is 1. The fourth-order valence-electron chi connectivity index (χ4n) is 3.10. The van der Waals surface area contributed by atoms with Gasteiger partial charge in [0, 0.05) is 24.9 Å². The summed E-state index contributed by atoms with van der Waals surface area (Å²) in [6.45, 7) is 1.30. The van der Waals surface area contributed by atoms with E-state index in [2.05, 4.69) is 17.4 Å². The van der Waals surface area contributed by atoms with Gasteiger partial charge in [-0.15, -0.1) is 11.8 Å². The lowest BCUT2D eigenvalue weighted by molar-refractivity contribution is -0.131. The number of carbonyl (C=O) groups is 3. The number of carbonyl (C=O) groups excluding carboxylic acids is 3. The Bertz CT molecular complexity index is 599. The van der Waals surface area contributed by atoms with Gasteiger partial charge in [-0.25, -0.2) is 4.79 Å². The molecule has 24 heavy (non-hydrogen) atoms. The molecule has 1 aromatic rings. The first kappa shape index (κ1) is 16.8. The summed E-state index contributed by atoms with van der Waals surface area (Å²) in [4.78, 5) is 38.9. The van der Waals surface area contributed by atoms with Crippen molar-refractivity contribution in [2.45, 2.75) is 24.6 Å². The normalized spacial score (nSPS) is 18.8. The Kier molecular flexibility index (Phi) is 5.40. The first-order valence-electron chi connectivity index (χ1n) is 8.14. The van der Waals surface area contributed by atoms with Crippen LogP contribution in [-0.2, 0) is 15.3 Å². The zero-order valence-electron chi connectivity index (χ0n) is 13.4. The van der Waals surface area contributed by atoms with Gasteiger partial charge in [0.25, 0.3) is 0 Å². The second-order valence-electron chi connectivity index (χ2n) is 6.01. The molecule has 0 aromatic heterocycles. The number of benzene rings is 1. The van der Waals surface area contributed by atoms with Gasteiger partial charge in [0.2, 0.25) is 11.8 Å². The molecule has 7 heteroatoms. The molecule has 2 heterocycles. The minimum Gasteiger partial charge on any atom is -0.342 e. The lowest BCUT2D eigenvalue weighted by Gasteiger charge is -2.35. The number of amides is 4. The molecule has 4 amide bonds. The molecule has 2 saturated heterocycles. The Labute approximate surface area is 145 Å². The summed E-state index contributed by atoms with van der Waals surface area (Å²) in [7, 11) is 0. The Balaban J connectivity index is 1.42. The van der Waals surface area contributed by atoms with Crippen LogP contribution in [0.15, 0.2) is 30.3 Å². The predicted molar refractivity (Wildman–Crippen MR) is 92.5 cm³/mol. The third-order valence-electron chi connectivity index (χ3n) is 4.40. The number of nitrogens with one attached hydrogen (secondary N) is 1. The van der Waals surface area contributed by atoms with Crippen LogP contribution in [0, 0.1) is 0 Å².